The summed E-state index contributed by atoms with van der Waals surface area (Å²) >= 11 is 0. The van der Waals surface area contributed by atoms with Crippen molar-refractivity contribution in [2.45, 2.75) is 38.3 Å². The lowest BCUT2D eigenvalue weighted by molar-refractivity contribution is 0.156. The first-order valence-electron chi connectivity index (χ1n) is 5.75. The molecule has 0 amide bonds. The minimum absolute atomic E-state index is 0.660. The van der Waals surface area contributed by atoms with Gasteiger partial charge in [0.15, 0.2) is 0 Å². The van der Waals surface area contributed by atoms with Crippen LogP contribution in [0.4, 0.5) is 0 Å². The van der Waals surface area contributed by atoms with E-state index < -0.39 is 0 Å². The van der Waals surface area contributed by atoms with Crippen molar-refractivity contribution in [2.75, 3.05) is 33.7 Å². The van der Waals surface area contributed by atoms with Crippen LogP contribution in [0, 0.1) is 0 Å². The van der Waals surface area contributed by atoms with Gasteiger partial charge in [0.2, 0.25) is 0 Å². The summed E-state index contributed by atoms with van der Waals surface area (Å²) in [7, 11) is 4.31. The minimum atomic E-state index is 0.660. The van der Waals surface area contributed by atoms with E-state index in [2.05, 4.69) is 30.8 Å². The molecule has 3 heteroatoms. The Morgan fingerprint density at radius 2 is 2.21 bits per heavy atom. The molecule has 3 nitrogen and oxygen atoms in total. The highest BCUT2D eigenvalue weighted by Crippen LogP contribution is 2.21. The highest BCUT2D eigenvalue weighted by atomic mass is 15.2. The van der Waals surface area contributed by atoms with Crippen molar-refractivity contribution in [2.24, 2.45) is 5.73 Å². The second-order valence-electron chi connectivity index (χ2n) is 4.72. The third kappa shape index (κ3) is 3.23. The van der Waals surface area contributed by atoms with Crippen molar-refractivity contribution in [1.29, 1.82) is 0 Å². The Kier molecular flexibility index (Phi) is 4.85. The van der Waals surface area contributed by atoms with Crippen LogP contribution in [-0.2, 0) is 0 Å². The quantitative estimate of drug-likeness (QED) is 0.709. The van der Waals surface area contributed by atoms with Crippen molar-refractivity contribution in [1.82, 2.24) is 9.80 Å². The predicted molar refractivity (Wildman–Crippen MR) is 61.4 cm³/mol. The van der Waals surface area contributed by atoms with Crippen molar-refractivity contribution >= 4 is 0 Å². The molecule has 1 rings (SSSR count). The highest BCUT2D eigenvalue weighted by Gasteiger charge is 2.27. The SMILES string of the molecule is CC(CCN)N1CCCC1CN(C)C. The number of nitrogens with two attached hydrogens (primary N) is 1. The van der Waals surface area contributed by atoms with Crippen LogP contribution in [0.25, 0.3) is 0 Å². The minimum Gasteiger partial charge on any atom is -0.330 e. The van der Waals surface area contributed by atoms with Gasteiger partial charge in [0.05, 0.1) is 0 Å². The molecule has 0 saturated carbocycles. The molecular weight excluding hydrogens is 174 g/mol. The molecule has 2 N–H and O–H groups in total. The highest BCUT2D eigenvalue weighted by molar-refractivity contribution is 4.84. The molecule has 14 heavy (non-hydrogen) atoms. The van der Waals surface area contributed by atoms with Crippen LogP contribution < -0.4 is 5.73 Å². The third-order valence-corrected chi connectivity index (χ3v) is 3.15. The zero-order valence-electron chi connectivity index (χ0n) is 9.87. The molecule has 1 aliphatic heterocycles. The van der Waals surface area contributed by atoms with Crippen LogP contribution in [0.5, 0.6) is 0 Å². The van der Waals surface area contributed by atoms with E-state index in [1.165, 1.54) is 25.9 Å². The van der Waals surface area contributed by atoms with Crippen molar-refractivity contribution in [3.63, 3.8) is 0 Å². The van der Waals surface area contributed by atoms with Crippen LogP contribution in [0.2, 0.25) is 0 Å². The molecule has 0 aliphatic carbocycles. The first-order chi connectivity index (χ1) is 6.65. The van der Waals surface area contributed by atoms with Gasteiger partial charge in [-0.3, -0.25) is 4.90 Å². The molecule has 0 bridgehead atoms. The van der Waals surface area contributed by atoms with E-state index in [1.807, 2.05) is 0 Å². The van der Waals surface area contributed by atoms with E-state index in [0.717, 1.165) is 19.0 Å². The average molecular weight is 199 g/mol. The maximum Gasteiger partial charge on any atom is 0.0226 e. The van der Waals surface area contributed by atoms with E-state index in [1.54, 1.807) is 0 Å². The van der Waals surface area contributed by atoms with Crippen molar-refractivity contribution < 1.29 is 0 Å². The van der Waals surface area contributed by atoms with Gasteiger partial charge in [-0.25, -0.2) is 0 Å². The van der Waals surface area contributed by atoms with Crippen LogP contribution in [0.15, 0.2) is 0 Å². The number of likely N-dealkylation sites (tertiary alicyclic amines) is 1. The first-order valence-corrected chi connectivity index (χ1v) is 5.75. The predicted octanol–water partition coefficient (Wildman–Crippen LogP) is 0.750. The lowest BCUT2D eigenvalue weighted by Crippen LogP contribution is -2.43. The van der Waals surface area contributed by atoms with Crippen LogP contribution in [0.3, 0.4) is 0 Å². The summed E-state index contributed by atoms with van der Waals surface area (Å²) in [6.45, 7) is 5.57. The van der Waals surface area contributed by atoms with E-state index in [4.69, 9.17) is 5.73 Å². The molecule has 2 atom stereocenters. The largest absolute Gasteiger partial charge is 0.330 e. The maximum atomic E-state index is 5.61. The van der Waals surface area contributed by atoms with Crippen LogP contribution in [0.1, 0.15) is 26.2 Å². The van der Waals surface area contributed by atoms with Gasteiger partial charge in [-0.1, -0.05) is 0 Å². The summed E-state index contributed by atoms with van der Waals surface area (Å²) < 4.78 is 0. The topological polar surface area (TPSA) is 32.5 Å². The molecular formula is C11H25N3. The number of hydrogen-bond acceptors (Lipinski definition) is 3. The second kappa shape index (κ2) is 5.69. The Bertz CT molecular complexity index is 159. The molecule has 0 aromatic heterocycles. The summed E-state index contributed by atoms with van der Waals surface area (Å²) in [5.74, 6) is 0. The molecule has 1 heterocycles. The molecule has 2 unspecified atom stereocenters. The van der Waals surface area contributed by atoms with Gasteiger partial charge < -0.3 is 10.6 Å². The van der Waals surface area contributed by atoms with Crippen LogP contribution >= 0.6 is 0 Å². The molecule has 0 radical (unpaired) electrons. The summed E-state index contributed by atoms with van der Waals surface area (Å²) in [5.41, 5.74) is 5.61. The normalized spacial score (nSPS) is 25.9. The summed E-state index contributed by atoms with van der Waals surface area (Å²) in [4.78, 5) is 4.92. The van der Waals surface area contributed by atoms with Gasteiger partial charge in [-0.2, -0.15) is 0 Å². The zero-order chi connectivity index (χ0) is 10.6. The van der Waals surface area contributed by atoms with Gasteiger partial charge >= 0.3 is 0 Å². The summed E-state index contributed by atoms with van der Waals surface area (Å²) in [5, 5.41) is 0. The molecule has 1 saturated heterocycles. The average Bonchev–Trinajstić information content (AvgIpc) is 2.51. The van der Waals surface area contributed by atoms with E-state index in [0.29, 0.717) is 6.04 Å². The monoisotopic (exact) mass is 199 g/mol. The lowest BCUT2D eigenvalue weighted by Gasteiger charge is -2.32. The standard InChI is InChI=1S/C11H25N3/c1-10(6-7-12)14-8-4-5-11(14)9-13(2)3/h10-11H,4-9,12H2,1-3H3. The third-order valence-electron chi connectivity index (χ3n) is 3.15. The van der Waals surface area contributed by atoms with E-state index >= 15 is 0 Å². The van der Waals surface area contributed by atoms with Crippen molar-refractivity contribution in [3.8, 4) is 0 Å². The molecule has 1 aliphatic rings. The fourth-order valence-corrected chi connectivity index (χ4v) is 2.46. The Labute approximate surface area is 88.2 Å². The van der Waals surface area contributed by atoms with Gasteiger partial charge in [-0.05, 0) is 53.4 Å². The Balaban J connectivity index is 2.41. The molecule has 0 spiro atoms. The number of likely N-dealkylation sites (N-methyl/N-ethyl adjacent to an activating group) is 1. The molecule has 0 aromatic rings. The Morgan fingerprint density at radius 3 is 2.79 bits per heavy atom. The van der Waals surface area contributed by atoms with Gasteiger partial charge in [0.1, 0.15) is 0 Å². The fraction of sp³-hybridized carbons (Fsp3) is 1.00. The number of rotatable bonds is 5. The van der Waals surface area contributed by atoms with Gasteiger partial charge in [0, 0.05) is 18.6 Å². The first kappa shape index (κ1) is 12.0. The lowest BCUT2D eigenvalue weighted by atomic mass is 10.1. The second-order valence-corrected chi connectivity index (χ2v) is 4.72. The van der Waals surface area contributed by atoms with E-state index in [9.17, 15) is 0 Å². The zero-order valence-corrected chi connectivity index (χ0v) is 9.87. The van der Waals surface area contributed by atoms with Crippen molar-refractivity contribution in [3.05, 3.63) is 0 Å². The van der Waals surface area contributed by atoms with E-state index in [-0.39, 0.29) is 0 Å². The fourth-order valence-electron chi connectivity index (χ4n) is 2.46. The summed E-state index contributed by atoms with van der Waals surface area (Å²) in [6, 6.07) is 1.42. The van der Waals surface area contributed by atoms with Gasteiger partial charge in [-0.15, -0.1) is 0 Å². The number of nitrogens with zero attached hydrogens (tertiary/aromatic N) is 2. The Morgan fingerprint density at radius 1 is 1.50 bits per heavy atom. The smallest absolute Gasteiger partial charge is 0.0226 e. The number of hydrogen-bond donors (Lipinski definition) is 1. The molecule has 0 aromatic carbocycles. The van der Waals surface area contributed by atoms with Crippen LogP contribution in [-0.4, -0.2) is 55.6 Å². The summed E-state index contributed by atoms with van der Waals surface area (Å²) in [6.07, 6.45) is 3.84. The molecule has 1 fully saturated rings. The molecule has 84 valence electrons. The maximum absolute atomic E-state index is 5.61. The Hall–Kier alpha value is -0.120. The van der Waals surface area contributed by atoms with Gasteiger partial charge in [0.25, 0.3) is 0 Å².